The molecule has 6 heteroatoms. The molecule has 6 rings (SSSR count). The molecule has 0 unspecified atom stereocenters. The molecule has 39 heavy (non-hydrogen) atoms. The Hall–Kier alpha value is -4.84. The van der Waals surface area contributed by atoms with Gasteiger partial charge in [0.1, 0.15) is 11.7 Å². The molecule has 1 fully saturated rings. The Bertz CT molecular complexity index is 1650. The van der Waals surface area contributed by atoms with E-state index >= 15 is 0 Å². The van der Waals surface area contributed by atoms with Crippen molar-refractivity contribution in [1.29, 1.82) is 0 Å². The maximum Gasteiger partial charge on any atom is 0.414 e. The fourth-order valence-electron chi connectivity index (χ4n) is 5.06. The summed E-state index contributed by atoms with van der Waals surface area (Å²) in [7, 11) is 0. The molecule has 0 saturated heterocycles. The van der Waals surface area contributed by atoms with E-state index in [4.69, 9.17) is 9.15 Å². The van der Waals surface area contributed by atoms with E-state index in [0.29, 0.717) is 24.3 Å². The maximum absolute atomic E-state index is 12.8. The summed E-state index contributed by atoms with van der Waals surface area (Å²) in [6.07, 6.45) is 0.349. The molecule has 1 aliphatic rings. The van der Waals surface area contributed by atoms with Gasteiger partial charge in [-0.1, -0.05) is 97.1 Å². The number of amides is 1. The summed E-state index contributed by atoms with van der Waals surface area (Å²) in [4.78, 5) is 24.5. The second kappa shape index (κ2) is 9.80. The molecule has 1 amide bonds. The Labute approximate surface area is 225 Å². The number of rotatable bonds is 7. The lowest BCUT2D eigenvalue weighted by molar-refractivity contribution is -0.140. The standard InChI is InChI=1S/C33H27NO5/c1-21(22-7-3-2-4-8-22)38-32(37)34-30-29(27-9-5-6-10-28(27)39-30)25-13-11-23(12-14-25)24-15-17-26(18-16-24)33(19-20-33)31(35)36/h2-18,21H,19-20H2,1H3,(H,34,37)(H,35,36)/t21-/m1/s1. The highest BCUT2D eigenvalue weighted by Crippen LogP contribution is 2.48. The zero-order chi connectivity index (χ0) is 27.0. The van der Waals surface area contributed by atoms with Crippen molar-refractivity contribution in [2.75, 3.05) is 5.32 Å². The van der Waals surface area contributed by atoms with Crippen molar-refractivity contribution >= 4 is 28.9 Å². The van der Waals surface area contributed by atoms with Crippen LogP contribution in [0.15, 0.2) is 108 Å². The van der Waals surface area contributed by atoms with E-state index in [9.17, 15) is 14.7 Å². The SMILES string of the molecule is C[C@@H](OC(=O)Nc1oc2ccccc2c1-c1ccc(-c2ccc(C3(C(=O)O)CC3)cc2)cc1)c1ccccc1. The van der Waals surface area contributed by atoms with Gasteiger partial charge in [-0.2, -0.15) is 0 Å². The first-order chi connectivity index (χ1) is 18.9. The molecule has 1 aliphatic carbocycles. The number of nitrogens with one attached hydrogen (secondary N) is 1. The van der Waals surface area contributed by atoms with Gasteiger partial charge in [0.2, 0.25) is 5.88 Å². The predicted octanol–water partition coefficient (Wildman–Crippen LogP) is 8.19. The summed E-state index contributed by atoms with van der Waals surface area (Å²) >= 11 is 0. The molecule has 2 N–H and O–H groups in total. The molecule has 0 bridgehead atoms. The van der Waals surface area contributed by atoms with E-state index in [1.807, 2.05) is 110 Å². The fourth-order valence-corrected chi connectivity index (χ4v) is 5.06. The van der Waals surface area contributed by atoms with Gasteiger partial charge < -0.3 is 14.3 Å². The number of carboxylic acid groups (broad SMARTS) is 1. The molecular formula is C33H27NO5. The number of furan rings is 1. The number of benzene rings is 4. The highest BCUT2D eigenvalue weighted by Gasteiger charge is 2.51. The zero-order valence-corrected chi connectivity index (χ0v) is 21.4. The number of carbonyl (C=O) groups is 2. The molecule has 4 aromatic carbocycles. The van der Waals surface area contributed by atoms with Gasteiger partial charge >= 0.3 is 12.1 Å². The minimum absolute atomic E-state index is 0.321. The number of hydrogen-bond acceptors (Lipinski definition) is 4. The second-order valence-electron chi connectivity index (χ2n) is 9.93. The number of aliphatic carboxylic acids is 1. The normalized spacial score (nSPS) is 14.5. The van der Waals surface area contributed by atoms with Crippen molar-refractivity contribution in [3.05, 3.63) is 114 Å². The molecule has 1 heterocycles. The number of ether oxygens (including phenoxy) is 1. The van der Waals surface area contributed by atoms with Crippen LogP contribution in [0.1, 0.15) is 37.0 Å². The summed E-state index contributed by atoms with van der Waals surface area (Å²) in [6, 6.07) is 33.0. The molecular weight excluding hydrogens is 490 g/mol. The largest absolute Gasteiger partial charge is 0.481 e. The average Bonchev–Trinajstić information content (AvgIpc) is 3.70. The number of carboxylic acids is 1. The van der Waals surface area contributed by atoms with Crippen molar-refractivity contribution < 1.29 is 23.8 Å². The van der Waals surface area contributed by atoms with Crippen LogP contribution in [-0.4, -0.2) is 17.2 Å². The lowest BCUT2D eigenvalue weighted by Gasteiger charge is -2.14. The van der Waals surface area contributed by atoms with E-state index < -0.39 is 23.6 Å². The van der Waals surface area contributed by atoms with Gasteiger partial charge in [-0.3, -0.25) is 10.1 Å². The van der Waals surface area contributed by atoms with Gasteiger partial charge in [-0.05, 0) is 53.6 Å². The molecule has 0 radical (unpaired) electrons. The van der Waals surface area contributed by atoms with Gasteiger partial charge in [0.15, 0.2) is 0 Å². The highest BCUT2D eigenvalue weighted by molar-refractivity contribution is 6.03. The van der Waals surface area contributed by atoms with Crippen LogP contribution in [0, 0.1) is 0 Å². The first kappa shape index (κ1) is 24.5. The lowest BCUT2D eigenvalue weighted by Crippen LogP contribution is -2.19. The predicted molar refractivity (Wildman–Crippen MR) is 151 cm³/mol. The van der Waals surface area contributed by atoms with Crippen LogP contribution in [0.25, 0.3) is 33.2 Å². The van der Waals surface area contributed by atoms with Crippen LogP contribution in [-0.2, 0) is 14.9 Å². The number of para-hydroxylation sites is 1. The summed E-state index contributed by atoms with van der Waals surface area (Å²) in [6.45, 7) is 1.83. The minimum atomic E-state index is -0.755. The summed E-state index contributed by atoms with van der Waals surface area (Å²) < 4.78 is 11.6. The van der Waals surface area contributed by atoms with Crippen LogP contribution >= 0.6 is 0 Å². The number of fused-ring (bicyclic) bond motifs is 1. The topological polar surface area (TPSA) is 88.8 Å². The molecule has 6 nitrogen and oxygen atoms in total. The molecule has 0 spiro atoms. The fraction of sp³-hybridized carbons (Fsp3) is 0.152. The molecule has 1 atom stereocenters. The van der Waals surface area contributed by atoms with Crippen molar-refractivity contribution in [2.24, 2.45) is 0 Å². The number of carbonyl (C=O) groups excluding carboxylic acids is 1. The Morgan fingerprint density at radius 1 is 0.821 bits per heavy atom. The van der Waals surface area contributed by atoms with E-state index in [1.54, 1.807) is 0 Å². The van der Waals surface area contributed by atoms with Crippen LogP contribution in [0.4, 0.5) is 10.7 Å². The third kappa shape index (κ3) is 4.66. The quantitative estimate of drug-likeness (QED) is 0.227. The van der Waals surface area contributed by atoms with E-state index in [1.165, 1.54) is 0 Å². The Morgan fingerprint density at radius 3 is 2.05 bits per heavy atom. The van der Waals surface area contributed by atoms with Crippen LogP contribution in [0.3, 0.4) is 0 Å². The van der Waals surface area contributed by atoms with Crippen LogP contribution in [0.2, 0.25) is 0 Å². The van der Waals surface area contributed by atoms with Crippen LogP contribution in [0.5, 0.6) is 0 Å². The first-order valence-corrected chi connectivity index (χ1v) is 12.9. The third-order valence-corrected chi connectivity index (χ3v) is 7.47. The smallest absolute Gasteiger partial charge is 0.414 e. The summed E-state index contributed by atoms with van der Waals surface area (Å²) in [5, 5.41) is 13.3. The third-order valence-electron chi connectivity index (χ3n) is 7.47. The Kier molecular flexibility index (Phi) is 6.15. The molecule has 0 aliphatic heterocycles. The highest BCUT2D eigenvalue weighted by atomic mass is 16.6. The lowest BCUT2D eigenvalue weighted by atomic mass is 9.93. The first-order valence-electron chi connectivity index (χ1n) is 12.9. The molecule has 194 valence electrons. The Balaban J connectivity index is 1.26. The van der Waals surface area contributed by atoms with E-state index in [2.05, 4.69) is 5.32 Å². The van der Waals surface area contributed by atoms with Gasteiger partial charge in [0.05, 0.1) is 11.0 Å². The molecule has 5 aromatic rings. The van der Waals surface area contributed by atoms with Crippen molar-refractivity contribution in [3.63, 3.8) is 0 Å². The maximum atomic E-state index is 12.8. The summed E-state index contributed by atoms with van der Waals surface area (Å²) in [5.41, 5.74) is 5.35. The van der Waals surface area contributed by atoms with Crippen molar-refractivity contribution in [3.8, 4) is 22.3 Å². The van der Waals surface area contributed by atoms with Gasteiger partial charge in [0.25, 0.3) is 0 Å². The van der Waals surface area contributed by atoms with E-state index in [0.717, 1.165) is 38.8 Å². The average molecular weight is 518 g/mol. The summed E-state index contributed by atoms with van der Waals surface area (Å²) in [5.74, 6) is -0.434. The monoisotopic (exact) mass is 517 g/mol. The minimum Gasteiger partial charge on any atom is -0.481 e. The van der Waals surface area contributed by atoms with Gasteiger partial charge in [-0.15, -0.1) is 0 Å². The van der Waals surface area contributed by atoms with Gasteiger partial charge in [0, 0.05) is 5.39 Å². The van der Waals surface area contributed by atoms with Crippen LogP contribution < -0.4 is 5.32 Å². The van der Waals surface area contributed by atoms with Crippen molar-refractivity contribution in [2.45, 2.75) is 31.3 Å². The Morgan fingerprint density at radius 2 is 1.41 bits per heavy atom. The van der Waals surface area contributed by atoms with Gasteiger partial charge in [-0.25, -0.2) is 4.79 Å². The second-order valence-corrected chi connectivity index (χ2v) is 9.93. The zero-order valence-electron chi connectivity index (χ0n) is 21.4. The number of hydrogen-bond donors (Lipinski definition) is 2. The number of anilines is 1. The van der Waals surface area contributed by atoms with E-state index in [-0.39, 0.29) is 0 Å². The molecule has 1 saturated carbocycles. The van der Waals surface area contributed by atoms with Crippen molar-refractivity contribution in [1.82, 2.24) is 0 Å². The molecule has 1 aromatic heterocycles.